The van der Waals surface area contributed by atoms with Crippen LogP contribution in [0.1, 0.15) is 134 Å². The van der Waals surface area contributed by atoms with Crippen LogP contribution in [0.25, 0.3) is 100 Å². The molecule has 15 aromatic carbocycles. The monoisotopic (exact) mass is 1470 g/mol. The van der Waals surface area contributed by atoms with Crippen LogP contribution in [0, 0.1) is 0 Å². The van der Waals surface area contributed by atoms with Gasteiger partial charge >= 0.3 is 0 Å². The van der Waals surface area contributed by atoms with Gasteiger partial charge in [0.1, 0.15) is 0 Å². The predicted octanol–water partition coefficient (Wildman–Crippen LogP) is 31.0. The first-order valence-corrected chi connectivity index (χ1v) is 41.4. The number of nitrogens with zero attached hydrogens (tertiary/aromatic N) is 2. The molecular formula is C109H98N2S. The Kier molecular flexibility index (Phi) is 18.1. The van der Waals surface area contributed by atoms with Crippen LogP contribution in [-0.4, -0.2) is 0 Å². The van der Waals surface area contributed by atoms with Crippen molar-refractivity contribution in [2.45, 2.75) is 138 Å². The molecule has 112 heavy (non-hydrogen) atoms. The number of anilines is 6. The van der Waals surface area contributed by atoms with E-state index in [1.165, 1.54) is 188 Å². The predicted molar refractivity (Wildman–Crippen MR) is 480 cm³/mol. The van der Waals surface area contributed by atoms with Crippen molar-refractivity contribution in [2.75, 3.05) is 9.80 Å². The molecule has 0 amide bonds. The summed E-state index contributed by atoms with van der Waals surface area (Å²) in [6, 6.07) is 130. The largest absolute Gasteiger partial charge is 0.308 e. The number of fused-ring (bicyclic) bond motifs is 7. The lowest BCUT2D eigenvalue weighted by atomic mass is 9.80. The summed E-state index contributed by atoms with van der Waals surface area (Å²) >= 11 is 0. The van der Waals surface area contributed by atoms with Crippen LogP contribution in [0.15, 0.2) is 354 Å². The number of rotatable bonds is 13. The summed E-state index contributed by atoms with van der Waals surface area (Å²) in [5.41, 5.74) is 38.3. The Morgan fingerprint density at radius 1 is 0.241 bits per heavy atom. The smallest absolute Gasteiger partial charge is 0.0611 e. The molecule has 1 aliphatic carbocycles. The number of aryl methyl sites for hydroxylation is 1. The van der Waals surface area contributed by atoms with Crippen molar-refractivity contribution in [3.05, 3.63) is 379 Å². The molecule has 18 rings (SSSR count). The molecule has 0 fully saturated rings. The van der Waals surface area contributed by atoms with Gasteiger partial charge in [-0.1, -0.05) is 350 Å². The Hall–Kier alpha value is -11.8. The second-order valence-electron chi connectivity index (χ2n) is 35.4. The third-order valence-electron chi connectivity index (χ3n) is 23.7. The van der Waals surface area contributed by atoms with Crippen LogP contribution >= 0.6 is 10.9 Å². The van der Waals surface area contributed by atoms with Gasteiger partial charge in [-0.15, -0.1) is 0 Å². The number of thiol groups is 1. The second-order valence-corrected chi connectivity index (χ2v) is 37.5. The number of hydrogen-bond donors (Lipinski definition) is 1. The minimum Gasteiger partial charge on any atom is -0.308 e. The highest BCUT2D eigenvalue weighted by Gasteiger charge is 2.42. The van der Waals surface area contributed by atoms with Crippen LogP contribution < -0.4 is 9.80 Å². The van der Waals surface area contributed by atoms with Crippen molar-refractivity contribution < 1.29 is 0 Å². The summed E-state index contributed by atoms with van der Waals surface area (Å²) in [5, 5.41) is 0. The van der Waals surface area contributed by atoms with E-state index in [0.717, 1.165) is 12.8 Å². The molecule has 0 N–H and O–H groups in total. The summed E-state index contributed by atoms with van der Waals surface area (Å²) in [6.45, 7) is 28.6. The zero-order chi connectivity index (χ0) is 77.0. The lowest BCUT2D eigenvalue weighted by molar-refractivity contribution is 0.568. The van der Waals surface area contributed by atoms with E-state index in [9.17, 15) is 0 Å². The minimum atomic E-state index is -1.28. The average molecular weight is 1470 g/mol. The quantitative estimate of drug-likeness (QED) is 0.115. The molecule has 2 heterocycles. The molecule has 2 nitrogen and oxygen atoms in total. The molecule has 2 aliphatic heterocycles. The van der Waals surface area contributed by atoms with Gasteiger partial charge < -0.3 is 9.80 Å². The van der Waals surface area contributed by atoms with Gasteiger partial charge in [0.2, 0.25) is 0 Å². The highest BCUT2D eigenvalue weighted by atomic mass is 32.2. The fourth-order valence-electron chi connectivity index (χ4n) is 17.2. The van der Waals surface area contributed by atoms with Crippen LogP contribution in [0.5, 0.6) is 0 Å². The molecule has 0 aromatic heterocycles. The standard InChI is InChI=1S/C109H98N2S/c1-106(2,3)88-65-89(107(4,5)6)68-92(67-88)110-99-57-52-86(82-46-42-80(43-47-82)78-38-34-76(35-39-78)72-25-17-13-18-26-72)63-103(99)112-104-64-87(83-48-44-81(45-49-83)79-40-36-77(37-41-79)73-27-19-14-20-28-73)53-58-100(104)111(93-69-90(108(7,8)9)66-91(70-93)109(10,11)12)102-60-71(59-101(110)105(102)112)33-54-96-97-61-84(74-29-21-15-22-30-74)50-55-94(97)95-56-51-85(62-98(95)96)75-31-23-16-24-32-75/h13-32,34-53,55-70,96,112H,33,54H2,1-12H3. The van der Waals surface area contributed by atoms with Gasteiger partial charge in [-0.2, -0.15) is 10.9 Å². The molecule has 0 bridgehead atoms. The molecule has 3 aliphatic rings. The van der Waals surface area contributed by atoms with Crippen LogP contribution in [-0.2, 0) is 28.1 Å². The number of benzene rings is 15. The first-order chi connectivity index (χ1) is 54.0. The molecule has 0 saturated heterocycles. The SMILES string of the molecule is CC(C)(C)c1cc(N2c3ccc(-c4ccc(-c5ccc(-c6ccccc6)cc5)cc4)cc3[SH]3c4cc(-c5ccc(-c6ccc(-c7ccccc7)cc6)cc5)ccc4N(c4cc(C(C)(C)C)cc(C(C)(C)C)c4)c4cc(CCC5c6cc(-c7ccccc7)ccc6-c6ccc(-c7ccccc7)cc65)cc2c43)cc(C(C)(C)C)c1. The van der Waals surface area contributed by atoms with E-state index in [0.29, 0.717) is 0 Å². The van der Waals surface area contributed by atoms with Crippen LogP contribution in [0.2, 0.25) is 0 Å². The van der Waals surface area contributed by atoms with E-state index in [2.05, 4.69) is 433 Å². The van der Waals surface area contributed by atoms with Gasteiger partial charge in [-0.05, 0) is 246 Å². The Labute approximate surface area is 667 Å². The third kappa shape index (κ3) is 13.6. The highest BCUT2D eigenvalue weighted by molar-refractivity contribution is 8.17. The Morgan fingerprint density at radius 2 is 0.491 bits per heavy atom. The zero-order valence-corrected chi connectivity index (χ0v) is 67.6. The van der Waals surface area contributed by atoms with E-state index >= 15 is 0 Å². The summed E-state index contributed by atoms with van der Waals surface area (Å²) < 4.78 is 0. The molecular weight excluding hydrogens is 1370 g/mol. The Bertz CT molecular complexity index is 5620. The lowest BCUT2D eigenvalue weighted by Gasteiger charge is -2.47. The van der Waals surface area contributed by atoms with Crippen LogP contribution in [0.3, 0.4) is 0 Å². The van der Waals surface area contributed by atoms with E-state index in [4.69, 9.17) is 0 Å². The van der Waals surface area contributed by atoms with Crippen LogP contribution in [0.4, 0.5) is 34.1 Å². The molecule has 0 unspecified atom stereocenters. The first-order valence-electron chi connectivity index (χ1n) is 40.1. The van der Waals surface area contributed by atoms with E-state index < -0.39 is 10.9 Å². The second kappa shape index (κ2) is 28.2. The topological polar surface area (TPSA) is 6.48 Å². The van der Waals surface area contributed by atoms with Crippen molar-refractivity contribution in [1.29, 1.82) is 0 Å². The molecule has 550 valence electrons. The van der Waals surface area contributed by atoms with E-state index in [1.807, 2.05) is 0 Å². The van der Waals surface area contributed by atoms with Gasteiger partial charge in [0.05, 0.1) is 22.7 Å². The fourth-order valence-corrected chi connectivity index (χ4v) is 20.1. The van der Waals surface area contributed by atoms with Crippen molar-refractivity contribution in [1.82, 2.24) is 0 Å². The Balaban J connectivity index is 0.863. The van der Waals surface area contributed by atoms with Crippen molar-refractivity contribution >= 4 is 45.0 Å². The zero-order valence-electron chi connectivity index (χ0n) is 66.7. The maximum absolute atomic E-state index is 2.72. The molecule has 0 radical (unpaired) electrons. The molecule has 3 heteroatoms. The summed E-state index contributed by atoms with van der Waals surface area (Å²) in [5.74, 6) is 0.145. The van der Waals surface area contributed by atoms with Gasteiger partial charge in [-0.25, -0.2) is 0 Å². The van der Waals surface area contributed by atoms with E-state index in [-0.39, 0.29) is 27.6 Å². The van der Waals surface area contributed by atoms with Gasteiger partial charge in [-0.3, -0.25) is 0 Å². The van der Waals surface area contributed by atoms with Crippen molar-refractivity contribution in [3.8, 4) is 100 Å². The summed E-state index contributed by atoms with van der Waals surface area (Å²) in [4.78, 5) is 9.51. The Morgan fingerprint density at radius 3 is 0.786 bits per heavy atom. The lowest BCUT2D eigenvalue weighted by Crippen LogP contribution is -2.26. The van der Waals surface area contributed by atoms with Crippen molar-refractivity contribution in [2.24, 2.45) is 0 Å². The minimum absolute atomic E-state index is 0.142. The van der Waals surface area contributed by atoms with Gasteiger partial charge in [0.25, 0.3) is 0 Å². The average Bonchev–Trinajstić information content (AvgIpc) is 0.864. The fraction of sp³-hybridized carbons (Fsp3) is 0.174. The number of hydrogen-bond acceptors (Lipinski definition) is 2. The van der Waals surface area contributed by atoms with E-state index in [1.54, 1.807) is 0 Å². The normalized spacial score (nSPS) is 13.5. The molecule has 0 spiro atoms. The maximum Gasteiger partial charge on any atom is 0.0611 e. The highest BCUT2D eigenvalue weighted by Crippen LogP contribution is 2.72. The van der Waals surface area contributed by atoms with Crippen molar-refractivity contribution in [3.63, 3.8) is 0 Å². The van der Waals surface area contributed by atoms with Gasteiger partial charge in [0.15, 0.2) is 0 Å². The summed E-state index contributed by atoms with van der Waals surface area (Å²) in [7, 11) is -1.28. The third-order valence-corrected chi connectivity index (χ3v) is 26.3. The first kappa shape index (κ1) is 71.8. The molecule has 0 atom stereocenters. The molecule has 0 saturated carbocycles. The maximum atomic E-state index is 2.72. The van der Waals surface area contributed by atoms with Gasteiger partial charge in [0, 0.05) is 32.0 Å². The molecule has 15 aromatic rings. The summed E-state index contributed by atoms with van der Waals surface area (Å²) in [6.07, 6.45) is 1.76.